The topological polar surface area (TPSA) is 46.6 Å². The van der Waals surface area contributed by atoms with Crippen LogP contribution in [0.1, 0.15) is 5.56 Å². The van der Waals surface area contributed by atoms with Crippen molar-refractivity contribution in [3.05, 3.63) is 48.0 Å². The van der Waals surface area contributed by atoms with Crippen LogP contribution in [-0.2, 0) is 21.3 Å². The Kier molecular flexibility index (Phi) is 3.26. The van der Waals surface area contributed by atoms with Gasteiger partial charge in [-0.25, -0.2) is 8.42 Å². The quantitative estimate of drug-likeness (QED) is 0.843. The third-order valence-corrected chi connectivity index (χ3v) is 4.85. The summed E-state index contributed by atoms with van der Waals surface area (Å²) in [4.78, 5) is 0. The van der Waals surface area contributed by atoms with E-state index in [9.17, 15) is 8.42 Å². The van der Waals surface area contributed by atoms with Gasteiger partial charge in [-0.05, 0) is 22.4 Å². The first kappa shape index (κ1) is 12.6. The van der Waals surface area contributed by atoms with E-state index < -0.39 is 10.0 Å². The molecule has 0 spiro atoms. The van der Waals surface area contributed by atoms with Crippen LogP contribution in [0.2, 0.25) is 0 Å². The Bertz CT molecular complexity index is 697. The van der Waals surface area contributed by atoms with E-state index in [1.807, 2.05) is 42.5 Å². The molecule has 0 aliphatic carbocycles. The Morgan fingerprint density at radius 1 is 1.11 bits per heavy atom. The fourth-order valence-electron chi connectivity index (χ4n) is 2.26. The third kappa shape index (κ3) is 2.63. The molecule has 1 heterocycles. The lowest BCUT2D eigenvalue weighted by Gasteiger charge is -2.26. The van der Waals surface area contributed by atoms with Gasteiger partial charge in [-0.1, -0.05) is 36.4 Å². The van der Waals surface area contributed by atoms with Crippen molar-refractivity contribution in [3.8, 4) is 0 Å². The Hall–Kier alpha value is -1.43. The van der Waals surface area contributed by atoms with Crippen LogP contribution in [0.5, 0.6) is 0 Å². The summed E-state index contributed by atoms with van der Waals surface area (Å²) in [6, 6.07) is 14.1. The molecule has 1 fully saturated rings. The average molecular weight is 277 g/mol. The first-order valence-electron chi connectivity index (χ1n) is 6.18. The van der Waals surface area contributed by atoms with Gasteiger partial charge >= 0.3 is 0 Å². The molecule has 100 valence electrons. The zero-order valence-corrected chi connectivity index (χ0v) is 11.3. The van der Waals surface area contributed by atoms with Crippen molar-refractivity contribution >= 4 is 20.8 Å². The summed E-state index contributed by atoms with van der Waals surface area (Å²) in [5.41, 5.74) is 1.00. The average Bonchev–Trinajstić information content (AvgIpc) is 2.41. The fraction of sp³-hybridized carbons (Fsp3) is 0.286. The second kappa shape index (κ2) is 4.92. The molecule has 0 saturated carbocycles. The van der Waals surface area contributed by atoms with E-state index in [2.05, 4.69) is 0 Å². The molecule has 1 aliphatic heterocycles. The zero-order valence-electron chi connectivity index (χ0n) is 10.5. The minimum atomic E-state index is -3.26. The van der Waals surface area contributed by atoms with E-state index in [1.165, 1.54) is 4.31 Å². The largest absolute Gasteiger partial charge is 0.363 e. The number of hydrogen-bond donors (Lipinski definition) is 0. The lowest BCUT2D eigenvalue weighted by molar-refractivity contribution is 0.130. The van der Waals surface area contributed by atoms with Crippen molar-refractivity contribution in [3.63, 3.8) is 0 Å². The Morgan fingerprint density at radius 3 is 2.68 bits per heavy atom. The normalized spacial score (nSPS) is 19.6. The molecule has 3 rings (SSSR count). The molecule has 1 saturated heterocycles. The Labute approximate surface area is 112 Å². The molecular weight excluding hydrogens is 262 g/mol. The van der Waals surface area contributed by atoms with E-state index in [0.717, 1.165) is 16.3 Å². The summed E-state index contributed by atoms with van der Waals surface area (Å²) in [7, 11) is -3.26. The molecule has 0 N–H and O–H groups in total. The van der Waals surface area contributed by atoms with E-state index in [0.29, 0.717) is 19.7 Å². The van der Waals surface area contributed by atoms with Crippen LogP contribution in [-0.4, -0.2) is 31.8 Å². The van der Waals surface area contributed by atoms with Gasteiger partial charge in [-0.3, -0.25) is 0 Å². The third-order valence-electron chi connectivity index (χ3n) is 3.28. The number of ether oxygens (including phenoxy) is 1. The smallest absolute Gasteiger partial charge is 0.238 e. The van der Waals surface area contributed by atoms with Crippen LogP contribution < -0.4 is 0 Å². The molecule has 0 radical (unpaired) electrons. The standard InChI is InChI=1S/C14H15NO3S/c16-19(17)11-18-8-7-15(19)10-12-5-6-13-3-1-2-4-14(13)9-12/h1-6,9H,7-8,10-11H2. The molecule has 2 aromatic carbocycles. The van der Waals surface area contributed by atoms with E-state index in [-0.39, 0.29) is 5.94 Å². The molecule has 4 nitrogen and oxygen atoms in total. The van der Waals surface area contributed by atoms with Crippen LogP contribution in [0, 0.1) is 0 Å². The van der Waals surface area contributed by atoms with Crippen molar-refractivity contribution < 1.29 is 13.2 Å². The van der Waals surface area contributed by atoms with Gasteiger partial charge in [0.25, 0.3) is 0 Å². The lowest BCUT2D eigenvalue weighted by atomic mass is 10.1. The van der Waals surface area contributed by atoms with Crippen molar-refractivity contribution in [2.45, 2.75) is 6.54 Å². The number of hydrogen-bond acceptors (Lipinski definition) is 3. The van der Waals surface area contributed by atoms with Crippen LogP contribution in [0.15, 0.2) is 42.5 Å². The first-order chi connectivity index (χ1) is 9.15. The summed E-state index contributed by atoms with van der Waals surface area (Å²) >= 11 is 0. The van der Waals surface area contributed by atoms with Gasteiger partial charge < -0.3 is 4.74 Å². The summed E-state index contributed by atoms with van der Waals surface area (Å²) < 4.78 is 30.2. The second-order valence-corrected chi connectivity index (χ2v) is 6.57. The van der Waals surface area contributed by atoms with E-state index in [1.54, 1.807) is 0 Å². The van der Waals surface area contributed by atoms with Crippen molar-refractivity contribution in [2.24, 2.45) is 0 Å². The van der Waals surface area contributed by atoms with Crippen LogP contribution in [0.4, 0.5) is 0 Å². The molecule has 0 atom stereocenters. The molecule has 19 heavy (non-hydrogen) atoms. The molecule has 0 bridgehead atoms. The minimum Gasteiger partial charge on any atom is -0.363 e. The van der Waals surface area contributed by atoms with Crippen LogP contribution >= 0.6 is 0 Å². The lowest BCUT2D eigenvalue weighted by Crippen LogP contribution is -2.40. The Morgan fingerprint density at radius 2 is 1.89 bits per heavy atom. The predicted molar refractivity (Wildman–Crippen MR) is 74.1 cm³/mol. The summed E-state index contributed by atoms with van der Waals surface area (Å²) in [5.74, 6) is -0.208. The maximum Gasteiger partial charge on any atom is 0.238 e. The van der Waals surface area contributed by atoms with Gasteiger partial charge in [-0.15, -0.1) is 0 Å². The van der Waals surface area contributed by atoms with Crippen LogP contribution in [0.3, 0.4) is 0 Å². The molecule has 0 aromatic heterocycles. The molecule has 1 aliphatic rings. The van der Waals surface area contributed by atoms with Crippen molar-refractivity contribution in [1.82, 2.24) is 4.31 Å². The van der Waals surface area contributed by atoms with Gasteiger partial charge in [0.2, 0.25) is 10.0 Å². The van der Waals surface area contributed by atoms with Crippen molar-refractivity contribution in [1.29, 1.82) is 0 Å². The number of fused-ring (bicyclic) bond motifs is 1. The highest BCUT2D eigenvalue weighted by atomic mass is 32.2. The van der Waals surface area contributed by atoms with Crippen LogP contribution in [0.25, 0.3) is 10.8 Å². The second-order valence-electron chi connectivity index (χ2n) is 4.65. The number of rotatable bonds is 2. The molecule has 0 amide bonds. The molecule has 0 unspecified atom stereocenters. The highest BCUT2D eigenvalue weighted by Crippen LogP contribution is 2.19. The number of nitrogens with zero attached hydrogens (tertiary/aromatic N) is 1. The maximum atomic E-state index is 11.9. The zero-order chi connectivity index (χ0) is 13.3. The summed E-state index contributed by atoms with van der Waals surface area (Å²) in [5, 5.41) is 2.29. The molecular formula is C14H15NO3S. The number of sulfonamides is 1. The van der Waals surface area contributed by atoms with Crippen molar-refractivity contribution in [2.75, 3.05) is 19.1 Å². The molecule has 5 heteroatoms. The number of benzene rings is 2. The SMILES string of the molecule is O=S1(=O)COCCN1Cc1ccc2ccccc2c1. The van der Waals surface area contributed by atoms with E-state index >= 15 is 0 Å². The maximum absolute atomic E-state index is 11.9. The monoisotopic (exact) mass is 277 g/mol. The Balaban J connectivity index is 1.88. The highest BCUT2D eigenvalue weighted by molar-refractivity contribution is 7.88. The van der Waals surface area contributed by atoms with Gasteiger partial charge in [0.15, 0.2) is 5.94 Å². The first-order valence-corrected chi connectivity index (χ1v) is 7.79. The molecule has 2 aromatic rings. The highest BCUT2D eigenvalue weighted by Gasteiger charge is 2.26. The predicted octanol–water partition coefficient (Wildman–Crippen LogP) is 1.96. The van der Waals surface area contributed by atoms with Gasteiger partial charge in [0, 0.05) is 13.1 Å². The van der Waals surface area contributed by atoms with Gasteiger partial charge in [0.1, 0.15) is 0 Å². The van der Waals surface area contributed by atoms with E-state index in [4.69, 9.17) is 4.74 Å². The van der Waals surface area contributed by atoms with Gasteiger partial charge in [0.05, 0.1) is 6.61 Å². The fourth-order valence-corrected chi connectivity index (χ4v) is 3.44. The summed E-state index contributed by atoms with van der Waals surface area (Å²) in [6.07, 6.45) is 0. The minimum absolute atomic E-state index is 0.208. The summed E-state index contributed by atoms with van der Waals surface area (Å²) in [6.45, 7) is 1.30. The van der Waals surface area contributed by atoms with Gasteiger partial charge in [-0.2, -0.15) is 4.31 Å².